The standard InChI is InChI=1S/C16H21ClN2O3S/c1-19(23(21,22)14-6-4-13(17)5-7-14)10-16(20)18-15-9-11-2-3-12(15)8-11/h4-7,11-12,15H,2-3,8-10H2,1H3,(H,18,20)/t11-,12-,15+/m0/s1. The van der Waals surface area contributed by atoms with Crippen LogP contribution in [-0.4, -0.2) is 38.3 Å². The molecule has 0 heterocycles. The maximum atomic E-state index is 12.4. The Bertz CT molecular complexity index is 690. The number of likely N-dealkylation sites (N-methyl/N-ethyl adjacent to an activating group) is 1. The number of fused-ring (bicyclic) bond motifs is 2. The number of hydrogen-bond acceptors (Lipinski definition) is 3. The van der Waals surface area contributed by atoms with E-state index in [0.29, 0.717) is 10.9 Å². The van der Waals surface area contributed by atoms with E-state index in [-0.39, 0.29) is 23.4 Å². The number of amides is 1. The third-order valence-electron chi connectivity index (χ3n) is 4.97. The SMILES string of the molecule is CN(CC(=O)N[C@@H]1C[C@H]2CC[C@H]1C2)S(=O)(=O)c1ccc(Cl)cc1. The molecule has 0 aromatic heterocycles. The van der Waals surface area contributed by atoms with Crippen molar-refractivity contribution in [2.24, 2.45) is 11.8 Å². The second kappa shape index (κ2) is 6.42. The number of halogens is 1. The molecule has 5 nitrogen and oxygen atoms in total. The summed E-state index contributed by atoms with van der Waals surface area (Å²) in [5, 5.41) is 3.48. The van der Waals surface area contributed by atoms with Crippen molar-refractivity contribution in [3.63, 3.8) is 0 Å². The lowest BCUT2D eigenvalue weighted by Crippen LogP contribution is -2.44. The summed E-state index contributed by atoms with van der Waals surface area (Å²) < 4.78 is 26.0. The summed E-state index contributed by atoms with van der Waals surface area (Å²) in [4.78, 5) is 12.3. The zero-order valence-electron chi connectivity index (χ0n) is 13.0. The number of nitrogens with one attached hydrogen (secondary N) is 1. The van der Waals surface area contributed by atoms with Crippen molar-refractivity contribution in [3.05, 3.63) is 29.3 Å². The molecular formula is C16H21ClN2O3S. The van der Waals surface area contributed by atoms with Crippen molar-refractivity contribution in [2.75, 3.05) is 13.6 Å². The number of carbonyl (C=O) groups excluding carboxylic acids is 1. The van der Waals surface area contributed by atoms with Crippen LogP contribution in [0.2, 0.25) is 5.02 Å². The zero-order chi connectivity index (χ0) is 16.6. The molecule has 1 aromatic rings. The van der Waals surface area contributed by atoms with Crippen LogP contribution in [0.3, 0.4) is 0 Å². The van der Waals surface area contributed by atoms with E-state index < -0.39 is 10.0 Å². The molecular weight excluding hydrogens is 336 g/mol. The van der Waals surface area contributed by atoms with Gasteiger partial charge in [0.1, 0.15) is 0 Å². The molecule has 126 valence electrons. The number of carbonyl (C=O) groups is 1. The molecule has 0 unspecified atom stereocenters. The summed E-state index contributed by atoms with van der Waals surface area (Å²) in [5.41, 5.74) is 0. The first-order chi connectivity index (χ1) is 10.9. The van der Waals surface area contributed by atoms with Gasteiger partial charge >= 0.3 is 0 Å². The van der Waals surface area contributed by atoms with Crippen molar-refractivity contribution in [3.8, 4) is 0 Å². The van der Waals surface area contributed by atoms with Crippen LogP contribution >= 0.6 is 11.6 Å². The molecule has 3 rings (SSSR count). The number of hydrogen-bond donors (Lipinski definition) is 1. The fourth-order valence-corrected chi connectivity index (χ4v) is 5.00. The van der Waals surface area contributed by atoms with Crippen LogP contribution in [0.5, 0.6) is 0 Å². The highest BCUT2D eigenvalue weighted by Gasteiger charge is 2.40. The van der Waals surface area contributed by atoms with Crippen LogP contribution in [-0.2, 0) is 14.8 Å². The fourth-order valence-electron chi connectivity index (χ4n) is 3.75. The molecule has 1 N–H and O–H groups in total. The van der Waals surface area contributed by atoms with E-state index in [9.17, 15) is 13.2 Å². The zero-order valence-corrected chi connectivity index (χ0v) is 14.6. The summed E-state index contributed by atoms with van der Waals surface area (Å²) >= 11 is 5.78. The monoisotopic (exact) mass is 356 g/mol. The highest BCUT2D eigenvalue weighted by molar-refractivity contribution is 7.89. The number of benzene rings is 1. The molecule has 0 saturated heterocycles. The van der Waals surface area contributed by atoms with E-state index in [0.717, 1.165) is 16.6 Å². The molecule has 0 radical (unpaired) electrons. The largest absolute Gasteiger partial charge is 0.352 e. The predicted octanol–water partition coefficient (Wildman–Crippen LogP) is 2.27. The third-order valence-corrected chi connectivity index (χ3v) is 7.04. The van der Waals surface area contributed by atoms with Crippen molar-refractivity contribution in [1.29, 1.82) is 0 Å². The first-order valence-corrected chi connectivity index (χ1v) is 9.69. The molecule has 0 spiro atoms. The molecule has 7 heteroatoms. The lowest BCUT2D eigenvalue weighted by atomic mass is 9.95. The van der Waals surface area contributed by atoms with Crippen molar-refractivity contribution in [2.45, 2.75) is 36.6 Å². The van der Waals surface area contributed by atoms with Gasteiger partial charge in [-0.2, -0.15) is 4.31 Å². The lowest BCUT2D eigenvalue weighted by molar-refractivity contribution is -0.122. The second-order valence-corrected chi connectivity index (χ2v) is 9.05. The van der Waals surface area contributed by atoms with Crippen LogP contribution in [0, 0.1) is 11.8 Å². The molecule has 2 aliphatic rings. The summed E-state index contributed by atoms with van der Waals surface area (Å²) in [6.45, 7) is -0.168. The molecule has 23 heavy (non-hydrogen) atoms. The summed E-state index contributed by atoms with van der Waals surface area (Å²) in [6.07, 6.45) is 4.67. The fraction of sp³-hybridized carbons (Fsp3) is 0.562. The van der Waals surface area contributed by atoms with Crippen LogP contribution in [0.15, 0.2) is 29.2 Å². The van der Waals surface area contributed by atoms with Gasteiger partial charge in [-0.1, -0.05) is 18.0 Å². The van der Waals surface area contributed by atoms with Crippen LogP contribution in [0.1, 0.15) is 25.7 Å². The first kappa shape index (κ1) is 16.7. The highest BCUT2D eigenvalue weighted by Crippen LogP contribution is 2.44. The van der Waals surface area contributed by atoms with Gasteiger partial charge in [-0.3, -0.25) is 4.79 Å². The molecule has 3 atom stereocenters. The van der Waals surface area contributed by atoms with E-state index in [4.69, 9.17) is 11.6 Å². The average molecular weight is 357 g/mol. The normalized spacial score (nSPS) is 26.7. The summed E-state index contributed by atoms with van der Waals surface area (Å²) in [6, 6.07) is 6.16. The molecule has 2 fully saturated rings. The Morgan fingerprint density at radius 1 is 1.26 bits per heavy atom. The highest BCUT2D eigenvalue weighted by atomic mass is 35.5. The molecule has 2 saturated carbocycles. The van der Waals surface area contributed by atoms with Gasteiger partial charge in [0.25, 0.3) is 0 Å². The van der Waals surface area contributed by atoms with E-state index in [1.807, 2.05) is 0 Å². The summed E-state index contributed by atoms with van der Waals surface area (Å²) in [7, 11) is -2.26. The quantitative estimate of drug-likeness (QED) is 0.880. The maximum absolute atomic E-state index is 12.4. The molecule has 2 aliphatic carbocycles. The second-order valence-electron chi connectivity index (χ2n) is 6.56. The van der Waals surface area contributed by atoms with E-state index >= 15 is 0 Å². The summed E-state index contributed by atoms with van der Waals surface area (Å²) in [5.74, 6) is 1.07. The van der Waals surface area contributed by atoms with Gasteiger partial charge in [-0.15, -0.1) is 0 Å². The number of sulfonamides is 1. The molecule has 0 aliphatic heterocycles. The van der Waals surface area contributed by atoms with Crippen molar-refractivity contribution < 1.29 is 13.2 Å². The van der Waals surface area contributed by atoms with Gasteiger partial charge in [0.2, 0.25) is 15.9 Å². The first-order valence-electron chi connectivity index (χ1n) is 7.87. The number of rotatable bonds is 5. The minimum Gasteiger partial charge on any atom is -0.352 e. The van der Waals surface area contributed by atoms with E-state index in [1.165, 1.54) is 50.6 Å². The average Bonchev–Trinajstić information content (AvgIpc) is 3.10. The Hall–Kier alpha value is -1.11. The number of nitrogens with zero attached hydrogens (tertiary/aromatic N) is 1. The van der Waals surface area contributed by atoms with Crippen molar-refractivity contribution >= 4 is 27.5 Å². The van der Waals surface area contributed by atoms with Crippen LogP contribution in [0.25, 0.3) is 0 Å². The Morgan fingerprint density at radius 2 is 1.96 bits per heavy atom. The minimum atomic E-state index is -3.68. The van der Waals surface area contributed by atoms with Gasteiger partial charge in [-0.05, 0) is 55.4 Å². The van der Waals surface area contributed by atoms with E-state index in [2.05, 4.69) is 5.32 Å². The van der Waals surface area contributed by atoms with E-state index in [1.54, 1.807) is 0 Å². The molecule has 1 aromatic carbocycles. The predicted molar refractivity (Wildman–Crippen MR) is 88.6 cm³/mol. The third kappa shape index (κ3) is 3.54. The van der Waals surface area contributed by atoms with Gasteiger partial charge in [0, 0.05) is 18.1 Å². The smallest absolute Gasteiger partial charge is 0.243 e. The maximum Gasteiger partial charge on any atom is 0.243 e. The topological polar surface area (TPSA) is 66.5 Å². The Labute approximate surface area is 142 Å². The molecule has 1 amide bonds. The lowest BCUT2D eigenvalue weighted by Gasteiger charge is -2.24. The Kier molecular flexibility index (Phi) is 4.67. The van der Waals surface area contributed by atoms with Crippen LogP contribution < -0.4 is 5.32 Å². The van der Waals surface area contributed by atoms with Crippen molar-refractivity contribution in [1.82, 2.24) is 9.62 Å². The molecule has 2 bridgehead atoms. The van der Waals surface area contributed by atoms with Gasteiger partial charge in [0.15, 0.2) is 0 Å². The van der Waals surface area contributed by atoms with Gasteiger partial charge in [0.05, 0.1) is 11.4 Å². The Balaban J connectivity index is 1.60. The Morgan fingerprint density at radius 3 is 2.52 bits per heavy atom. The van der Waals surface area contributed by atoms with Gasteiger partial charge < -0.3 is 5.32 Å². The minimum absolute atomic E-state index is 0.136. The van der Waals surface area contributed by atoms with Crippen LogP contribution in [0.4, 0.5) is 0 Å². The van der Waals surface area contributed by atoms with Gasteiger partial charge in [-0.25, -0.2) is 8.42 Å².